The molecule has 0 bridgehead atoms. The molecule has 0 spiro atoms. The zero-order valence-electron chi connectivity index (χ0n) is 14.8. The summed E-state index contributed by atoms with van der Waals surface area (Å²) in [5.41, 5.74) is 1.32. The predicted molar refractivity (Wildman–Crippen MR) is 101 cm³/mol. The summed E-state index contributed by atoms with van der Waals surface area (Å²) in [7, 11) is -3.62. The van der Waals surface area contributed by atoms with Crippen molar-refractivity contribution >= 4 is 15.9 Å². The van der Waals surface area contributed by atoms with E-state index in [9.17, 15) is 17.6 Å². The van der Waals surface area contributed by atoms with Gasteiger partial charge < -0.3 is 4.90 Å². The first-order valence-corrected chi connectivity index (χ1v) is 10.2. The third-order valence-corrected chi connectivity index (χ3v) is 6.04. The highest BCUT2D eigenvalue weighted by Gasteiger charge is 2.30. The Morgan fingerprint density at radius 2 is 1.85 bits per heavy atom. The van der Waals surface area contributed by atoms with E-state index in [1.54, 1.807) is 17.0 Å². The summed E-state index contributed by atoms with van der Waals surface area (Å²) < 4.78 is 39.8. The highest BCUT2D eigenvalue weighted by Crippen LogP contribution is 2.33. The van der Waals surface area contributed by atoms with Crippen molar-refractivity contribution in [1.29, 1.82) is 0 Å². The Hall–Kier alpha value is -2.51. The summed E-state index contributed by atoms with van der Waals surface area (Å²) in [5.74, 6) is -0.471. The van der Waals surface area contributed by atoms with E-state index < -0.39 is 10.0 Å². The van der Waals surface area contributed by atoms with E-state index >= 15 is 0 Å². The molecule has 1 fully saturated rings. The Labute approximate surface area is 158 Å². The molecule has 1 saturated heterocycles. The summed E-state index contributed by atoms with van der Waals surface area (Å²) in [6, 6.07) is 12.0. The third kappa shape index (κ3) is 4.26. The van der Waals surface area contributed by atoms with Crippen LogP contribution < -0.4 is 4.72 Å². The van der Waals surface area contributed by atoms with E-state index in [0.29, 0.717) is 12.1 Å². The quantitative estimate of drug-likeness (QED) is 0.773. The summed E-state index contributed by atoms with van der Waals surface area (Å²) in [5, 5.41) is 0. The average Bonchev–Trinajstić information content (AvgIpc) is 3.16. The number of carbonyl (C=O) groups is 1. The number of sulfonamides is 1. The molecule has 1 amide bonds. The molecule has 1 heterocycles. The van der Waals surface area contributed by atoms with Gasteiger partial charge >= 0.3 is 0 Å². The van der Waals surface area contributed by atoms with Crippen molar-refractivity contribution in [3.05, 3.63) is 78.1 Å². The van der Waals surface area contributed by atoms with Crippen molar-refractivity contribution in [1.82, 2.24) is 9.62 Å². The average molecular weight is 388 g/mol. The molecule has 7 heteroatoms. The first-order chi connectivity index (χ1) is 12.9. The van der Waals surface area contributed by atoms with Crippen LogP contribution in [-0.4, -0.2) is 32.3 Å². The Kier molecular flexibility index (Phi) is 5.72. The Morgan fingerprint density at radius 3 is 2.48 bits per heavy atom. The second kappa shape index (κ2) is 8.02. The van der Waals surface area contributed by atoms with Gasteiger partial charge in [0.25, 0.3) is 5.91 Å². The molecular formula is C20H21FN2O3S. The molecule has 2 aromatic carbocycles. The number of carbonyl (C=O) groups excluding carboxylic acids is 1. The molecule has 5 nitrogen and oxygen atoms in total. The molecule has 0 saturated carbocycles. The Bertz CT molecular complexity index is 925. The van der Waals surface area contributed by atoms with Gasteiger partial charge in [0.05, 0.1) is 10.9 Å². The minimum absolute atomic E-state index is 0.0948. The minimum Gasteiger partial charge on any atom is -0.332 e. The van der Waals surface area contributed by atoms with E-state index in [2.05, 4.69) is 11.3 Å². The smallest absolute Gasteiger partial charge is 0.254 e. The van der Waals surface area contributed by atoms with Gasteiger partial charge in [-0.1, -0.05) is 18.2 Å². The summed E-state index contributed by atoms with van der Waals surface area (Å²) in [6.45, 7) is 4.23. The topological polar surface area (TPSA) is 66.5 Å². The highest BCUT2D eigenvalue weighted by molar-refractivity contribution is 7.89. The SMILES string of the molecule is C=CCNS(=O)(=O)c1ccc(C(=O)N2CCCC2c2ccc(F)cc2)cc1. The predicted octanol–water partition coefficient (Wildman–Crippen LogP) is 3.27. The van der Waals surface area contributed by atoms with E-state index in [4.69, 9.17) is 0 Å². The molecule has 0 radical (unpaired) electrons. The van der Waals surface area contributed by atoms with Crippen LogP contribution in [0.25, 0.3) is 0 Å². The van der Waals surface area contributed by atoms with Crippen LogP contribution in [0.2, 0.25) is 0 Å². The number of benzene rings is 2. The van der Waals surface area contributed by atoms with Crippen molar-refractivity contribution in [2.24, 2.45) is 0 Å². The maximum atomic E-state index is 13.2. The largest absolute Gasteiger partial charge is 0.332 e. The molecule has 1 aliphatic heterocycles. The van der Waals surface area contributed by atoms with Crippen LogP contribution in [0.4, 0.5) is 4.39 Å². The summed E-state index contributed by atoms with van der Waals surface area (Å²) >= 11 is 0. The van der Waals surface area contributed by atoms with Crippen LogP contribution in [0.5, 0.6) is 0 Å². The molecule has 2 aromatic rings. The molecule has 1 aliphatic rings. The fraction of sp³-hybridized carbons (Fsp3) is 0.250. The van der Waals surface area contributed by atoms with Crippen LogP contribution >= 0.6 is 0 Å². The number of halogens is 1. The van der Waals surface area contributed by atoms with Gasteiger partial charge in [-0.2, -0.15) is 0 Å². The lowest BCUT2D eigenvalue weighted by atomic mass is 10.0. The van der Waals surface area contributed by atoms with Crippen LogP contribution in [0.3, 0.4) is 0 Å². The van der Waals surface area contributed by atoms with Crippen molar-refractivity contribution in [3.63, 3.8) is 0 Å². The maximum Gasteiger partial charge on any atom is 0.254 e. The second-order valence-electron chi connectivity index (χ2n) is 6.37. The summed E-state index contributed by atoms with van der Waals surface area (Å²) in [6.07, 6.45) is 3.14. The fourth-order valence-corrected chi connectivity index (χ4v) is 4.23. The lowest BCUT2D eigenvalue weighted by molar-refractivity contribution is 0.0735. The van der Waals surface area contributed by atoms with Crippen molar-refractivity contribution in [3.8, 4) is 0 Å². The van der Waals surface area contributed by atoms with Gasteiger partial charge in [-0.15, -0.1) is 6.58 Å². The van der Waals surface area contributed by atoms with Gasteiger partial charge in [0.15, 0.2) is 0 Å². The van der Waals surface area contributed by atoms with Crippen molar-refractivity contribution < 1.29 is 17.6 Å². The molecule has 142 valence electrons. The molecule has 3 rings (SSSR count). The normalized spacial score (nSPS) is 17.1. The minimum atomic E-state index is -3.62. The highest BCUT2D eigenvalue weighted by atomic mass is 32.2. The number of nitrogens with one attached hydrogen (secondary N) is 1. The lowest BCUT2D eigenvalue weighted by Gasteiger charge is -2.25. The van der Waals surface area contributed by atoms with E-state index in [1.165, 1.54) is 42.5 Å². The van der Waals surface area contributed by atoms with Gasteiger partial charge in [0.1, 0.15) is 5.82 Å². The molecule has 0 aliphatic carbocycles. The van der Waals surface area contributed by atoms with E-state index in [1.807, 2.05) is 0 Å². The maximum absolute atomic E-state index is 13.2. The van der Waals surface area contributed by atoms with Gasteiger partial charge in [-0.3, -0.25) is 4.79 Å². The molecule has 1 unspecified atom stereocenters. The van der Waals surface area contributed by atoms with Crippen LogP contribution in [0, 0.1) is 5.82 Å². The molecule has 0 aromatic heterocycles. The van der Waals surface area contributed by atoms with E-state index in [-0.39, 0.29) is 29.2 Å². The van der Waals surface area contributed by atoms with Crippen molar-refractivity contribution in [2.75, 3.05) is 13.1 Å². The first kappa shape index (κ1) is 19.3. The molecule has 1 N–H and O–H groups in total. The first-order valence-electron chi connectivity index (χ1n) is 8.69. The zero-order valence-corrected chi connectivity index (χ0v) is 15.6. The van der Waals surface area contributed by atoms with Crippen LogP contribution in [-0.2, 0) is 10.0 Å². The third-order valence-electron chi connectivity index (χ3n) is 4.60. The summed E-state index contributed by atoms with van der Waals surface area (Å²) in [4.78, 5) is 14.8. The fourth-order valence-electron chi connectivity index (χ4n) is 3.24. The Balaban J connectivity index is 1.79. The molecule has 1 atom stereocenters. The van der Waals surface area contributed by atoms with Crippen molar-refractivity contribution in [2.45, 2.75) is 23.8 Å². The molecule has 27 heavy (non-hydrogen) atoms. The number of amides is 1. The van der Waals surface area contributed by atoms with Gasteiger partial charge in [-0.05, 0) is 54.8 Å². The van der Waals surface area contributed by atoms with Crippen LogP contribution in [0.1, 0.15) is 34.8 Å². The number of rotatable bonds is 6. The number of hydrogen-bond donors (Lipinski definition) is 1. The van der Waals surface area contributed by atoms with Gasteiger partial charge in [0.2, 0.25) is 10.0 Å². The zero-order chi connectivity index (χ0) is 19.4. The van der Waals surface area contributed by atoms with Crippen LogP contribution in [0.15, 0.2) is 66.1 Å². The van der Waals surface area contributed by atoms with E-state index in [0.717, 1.165) is 18.4 Å². The number of likely N-dealkylation sites (tertiary alicyclic amines) is 1. The Morgan fingerprint density at radius 1 is 1.19 bits per heavy atom. The number of nitrogens with zero attached hydrogens (tertiary/aromatic N) is 1. The number of hydrogen-bond acceptors (Lipinski definition) is 3. The van der Waals surface area contributed by atoms with Gasteiger partial charge in [0, 0.05) is 18.7 Å². The lowest BCUT2D eigenvalue weighted by Crippen LogP contribution is -2.30. The second-order valence-corrected chi connectivity index (χ2v) is 8.14. The molecular weight excluding hydrogens is 367 g/mol. The monoisotopic (exact) mass is 388 g/mol. The van der Waals surface area contributed by atoms with Gasteiger partial charge in [-0.25, -0.2) is 17.5 Å². The standard InChI is InChI=1S/C20H21FN2O3S/c1-2-13-22-27(25,26)18-11-7-16(8-12-18)20(24)23-14-3-4-19(23)15-5-9-17(21)10-6-15/h2,5-12,19,22H,1,3-4,13-14H2.